The van der Waals surface area contributed by atoms with Gasteiger partial charge < -0.3 is 14.4 Å². The Bertz CT molecular complexity index is 920. The second kappa shape index (κ2) is 7.51. The molecule has 4 rings (SSSR count). The summed E-state index contributed by atoms with van der Waals surface area (Å²) in [7, 11) is 0. The molecule has 1 fully saturated rings. The van der Waals surface area contributed by atoms with Crippen molar-refractivity contribution in [3.63, 3.8) is 0 Å². The summed E-state index contributed by atoms with van der Waals surface area (Å²) in [5, 5.41) is 1.65. The fraction of sp³-hybridized carbons (Fsp3) is 0.263. The number of benzene rings is 2. The molecule has 0 saturated carbocycles. The zero-order chi connectivity index (χ0) is 17.9. The number of nitrogens with zero attached hydrogens (tertiary/aromatic N) is 2. The first kappa shape index (κ1) is 17.1. The van der Waals surface area contributed by atoms with E-state index in [0.717, 1.165) is 28.4 Å². The molecule has 0 spiro atoms. The van der Waals surface area contributed by atoms with Gasteiger partial charge in [-0.1, -0.05) is 22.9 Å². The number of ether oxygens (including phenoxy) is 2. The van der Waals surface area contributed by atoms with Crippen molar-refractivity contribution in [2.45, 2.75) is 12.8 Å². The van der Waals surface area contributed by atoms with Crippen LogP contribution in [0.3, 0.4) is 0 Å². The van der Waals surface area contributed by atoms with Crippen LogP contribution in [0.15, 0.2) is 42.5 Å². The summed E-state index contributed by atoms with van der Waals surface area (Å²) in [5.74, 6) is 0.613. The average molecular weight is 389 g/mol. The summed E-state index contributed by atoms with van der Waals surface area (Å²) in [4.78, 5) is 19.0. The number of carbonyl (C=O) groups excluding carboxylic acids is 1. The standard InChI is InChI=1S/C19H17ClN2O3S/c20-13-3-5-14(6-4-13)24-12-18(23)25-15-7-8-16-17(11-15)26-19(21-16)22-9-1-2-10-22/h3-8,11H,1-2,9-10,12H2. The number of hydrogen-bond acceptors (Lipinski definition) is 6. The molecule has 1 saturated heterocycles. The van der Waals surface area contributed by atoms with Crippen LogP contribution in [0.5, 0.6) is 11.5 Å². The van der Waals surface area contributed by atoms with Crippen LogP contribution in [0.4, 0.5) is 5.13 Å². The molecule has 2 heterocycles. The van der Waals surface area contributed by atoms with Gasteiger partial charge in [0.1, 0.15) is 11.5 Å². The van der Waals surface area contributed by atoms with Crippen molar-refractivity contribution in [1.82, 2.24) is 4.98 Å². The molecule has 134 valence electrons. The number of aromatic nitrogens is 1. The van der Waals surface area contributed by atoms with Crippen LogP contribution in [-0.2, 0) is 4.79 Å². The lowest BCUT2D eigenvalue weighted by Crippen LogP contribution is -2.17. The first-order valence-corrected chi connectivity index (χ1v) is 9.61. The summed E-state index contributed by atoms with van der Waals surface area (Å²) < 4.78 is 11.8. The minimum absolute atomic E-state index is 0.165. The number of thiazole rings is 1. The van der Waals surface area contributed by atoms with Crippen LogP contribution >= 0.6 is 22.9 Å². The summed E-state index contributed by atoms with van der Waals surface area (Å²) in [5.41, 5.74) is 0.925. The smallest absolute Gasteiger partial charge is 0.349 e. The molecule has 0 bridgehead atoms. The van der Waals surface area contributed by atoms with Gasteiger partial charge in [0.2, 0.25) is 0 Å². The van der Waals surface area contributed by atoms with E-state index in [0.29, 0.717) is 16.5 Å². The van der Waals surface area contributed by atoms with Gasteiger partial charge in [-0.05, 0) is 49.2 Å². The van der Waals surface area contributed by atoms with Crippen molar-refractivity contribution in [3.8, 4) is 11.5 Å². The van der Waals surface area contributed by atoms with E-state index in [4.69, 9.17) is 21.1 Å². The Morgan fingerprint density at radius 3 is 2.62 bits per heavy atom. The Balaban J connectivity index is 1.39. The highest BCUT2D eigenvalue weighted by Gasteiger charge is 2.17. The first-order chi connectivity index (χ1) is 12.7. The number of esters is 1. The second-order valence-electron chi connectivity index (χ2n) is 6.04. The monoisotopic (exact) mass is 388 g/mol. The highest BCUT2D eigenvalue weighted by molar-refractivity contribution is 7.22. The van der Waals surface area contributed by atoms with Gasteiger partial charge in [-0.3, -0.25) is 0 Å². The normalized spacial score (nSPS) is 14.0. The summed E-state index contributed by atoms with van der Waals surface area (Å²) in [6.07, 6.45) is 2.43. The molecule has 3 aromatic rings. The summed E-state index contributed by atoms with van der Waals surface area (Å²) in [6.45, 7) is 1.95. The maximum absolute atomic E-state index is 12.0. The minimum atomic E-state index is -0.455. The quantitative estimate of drug-likeness (QED) is 0.474. The number of fused-ring (bicyclic) bond motifs is 1. The molecule has 0 radical (unpaired) electrons. The minimum Gasteiger partial charge on any atom is -0.482 e. The maximum Gasteiger partial charge on any atom is 0.349 e. The van der Waals surface area contributed by atoms with Crippen molar-refractivity contribution < 1.29 is 14.3 Å². The van der Waals surface area contributed by atoms with Gasteiger partial charge in [0.05, 0.1) is 10.2 Å². The Hall–Kier alpha value is -2.31. The van der Waals surface area contributed by atoms with E-state index in [1.54, 1.807) is 41.7 Å². The predicted octanol–water partition coefficient (Wildman–Crippen LogP) is 4.53. The number of hydrogen-bond donors (Lipinski definition) is 0. The van der Waals surface area contributed by atoms with E-state index >= 15 is 0 Å². The lowest BCUT2D eigenvalue weighted by molar-refractivity contribution is -0.136. The van der Waals surface area contributed by atoms with Crippen LogP contribution < -0.4 is 14.4 Å². The van der Waals surface area contributed by atoms with Crippen molar-refractivity contribution in [1.29, 1.82) is 0 Å². The molecule has 0 N–H and O–H groups in total. The molecule has 1 aliphatic rings. The number of anilines is 1. The number of halogens is 1. The lowest BCUT2D eigenvalue weighted by Gasteiger charge is -2.11. The number of carbonyl (C=O) groups is 1. The SMILES string of the molecule is O=C(COc1ccc(Cl)cc1)Oc1ccc2nc(N3CCCC3)sc2c1. The molecule has 5 nitrogen and oxygen atoms in total. The van der Waals surface area contributed by atoms with E-state index in [9.17, 15) is 4.79 Å². The van der Waals surface area contributed by atoms with E-state index in [2.05, 4.69) is 9.88 Å². The molecular formula is C19H17ClN2O3S. The molecule has 0 aliphatic carbocycles. The van der Waals surface area contributed by atoms with Gasteiger partial charge in [-0.15, -0.1) is 0 Å². The van der Waals surface area contributed by atoms with Gasteiger partial charge >= 0.3 is 5.97 Å². The predicted molar refractivity (Wildman–Crippen MR) is 104 cm³/mol. The molecule has 0 atom stereocenters. The van der Waals surface area contributed by atoms with Crippen LogP contribution in [-0.4, -0.2) is 30.6 Å². The van der Waals surface area contributed by atoms with E-state index < -0.39 is 5.97 Å². The highest BCUT2D eigenvalue weighted by atomic mass is 35.5. The Morgan fingerprint density at radius 2 is 1.85 bits per heavy atom. The van der Waals surface area contributed by atoms with Gasteiger partial charge in [-0.2, -0.15) is 0 Å². The fourth-order valence-corrected chi connectivity index (χ4v) is 4.01. The molecular weight excluding hydrogens is 372 g/mol. The topological polar surface area (TPSA) is 51.7 Å². The van der Waals surface area contributed by atoms with Crippen LogP contribution in [0.25, 0.3) is 10.2 Å². The summed E-state index contributed by atoms with van der Waals surface area (Å²) >= 11 is 7.45. The van der Waals surface area contributed by atoms with Gasteiger partial charge in [0.25, 0.3) is 0 Å². The van der Waals surface area contributed by atoms with Gasteiger partial charge in [0.15, 0.2) is 11.7 Å². The Morgan fingerprint density at radius 1 is 1.12 bits per heavy atom. The van der Waals surface area contributed by atoms with Crippen LogP contribution in [0, 0.1) is 0 Å². The highest BCUT2D eigenvalue weighted by Crippen LogP contribution is 2.33. The third kappa shape index (κ3) is 3.92. The molecule has 0 amide bonds. The Labute approximate surface area is 160 Å². The van der Waals surface area contributed by atoms with Gasteiger partial charge in [-0.25, -0.2) is 9.78 Å². The van der Waals surface area contributed by atoms with Crippen LogP contribution in [0.2, 0.25) is 5.02 Å². The molecule has 2 aromatic carbocycles. The maximum atomic E-state index is 12.0. The zero-order valence-electron chi connectivity index (χ0n) is 14.0. The zero-order valence-corrected chi connectivity index (χ0v) is 15.6. The van der Waals surface area contributed by atoms with E-state index in [-0.39, 0.29) is 6.61 Å². The van der Waals surface area contributed by atoms with Gasteiger partial charge in [0, 0.05) is 24.2 Å². The largest absolute Gasteiger partial charge is 0.482 e. The third-order valence-corrected chi connectivity index (χ3v) is 5.46. The van der Waals surface area contributed by atoms with E-state index in [1.165, 1.54) is 12.8 Å². The molecule has 0 unspecified atom stereocenters. The molecule has 26 heavy (non-hydrogen) atoms. The summed E-state index contributed by atoms with van der Waals surface area (Å²) in [6, 6.07) is 12.3. The number of rotatable bonds is 5. The van der Waals surface area contributed by atoms with Crippen molar-refractivity contribution in [3.05, 3.63) is 47.5 Å². The molecule has 1 aromatic heterocycles. The first-order valence-electron chi connectivity index (χ1n) is 8.42. The Kier molecular flexibility index (Phi) is 4.95. The average Bonchev–Trinajstić information content (AvgIpc) is 3.30. The third-order valence-electron chi connectivity index (χ3n) is 4.13. The van der Waals surface area contributed by atoms with Crippen molar-refractivity contribution >= 4 is 44.3 Å². The van der Waals surface area contributed by atoms with E-state index in [1.807, 2.05) is 12.1 Å². The molecule has 1 aliphatic heterocycles. The van der Waals surface area contributed by atoms with Crippen molar-refractivity contribution in [2.24, 2.45) is 0 Å². The molecule has 7 heteroatoms. The lowest BCUT2D eigenvalue weighted by atomic mass is 10.3. The fourth-order valence-electron chi connectivity index (χ4n) is 2.83. The second-order valence-corrected chi connectivity index (χ2v) is 7.48. The van der Waals surface area contributed by atoms with Crippen molar-refractivity contribution in [2.75, 3.05) is 24.6 Å². The van der Waals surface area contributed by atoms with Crippen LogP contribution in [0.1, 0.15) is 12.8 Å².